The van der Waals surface area contributed by atoms with E-state index < -0.39 is 0 Å². The fourth-order valence-electron chi connectivity index (χ4n) is 3.32. The number of halogens is 1. The van der Waals surface area contributed by atoms with Gasteiger partial charge < -0.3 is 4.74 Å². The number of H-pyrrole nitrogens is 1. The van der Waals surface area contributed by atoms with Crippen molar-refractivity contribution in [3.63, 3.8) is 0 Å². The molecule has 5 nitrogen and oxygen atoms in total. The Labute approximate surface area is 158 Å². The summed E-state index contributed by atoms with van der Waals surface area (Å²) in [6, 6.07) is 13.7. The van der Waals surface area contributed by atoms with Gasteiger partial charge in [0.05, 0.1) is 11.4 Å². The Morgan fingerprint density at radius 1 is 1.15 bits per heavy atom. The predicted molar refractivity (Wildman–Crippen MR) is 101 cm³/mol. The van der Waals surface area contributed by atoms with E-state index in [1.807, 2.05) is 36.7 Å². The van der Waals surface area contributed by atoms with Crippen LogP contribution < -0.4 is 4.74 Å². The third kappa shape index (κ3) is 4.23. The molecule has 2 aromatic heterocycles. The van der Waals surface area contributed by atoms with E-state index in [9.17, 15) is 0 Å². The average molecular weight is 369 g/mol. The van der Waals surface area contributed by atoms with Crippen LogP contribution >= 0.6 is 11.6 Å². The van der Waals surface area contributed by atoms with Crippen LogP contribution in [0.2, 0.25) is 5.02 Å². The number of likely N-dealkylation sites (tertiary alicyclic amines) is 1. The predicted octanol–water partition coefficient (Wildman–Crippen LogP) is 4.03. The minimum absolute atomic E-state index is 0.470. The van der Waals surface area contributed by atoms with Crippen LogP contribution in [0, 0.1) is 0 Å². The summed E-state index contributed by atoms with van der Waals surface area (Å²) in [5.74, 6) is 1.27. The number of hydrogen-bond donors (Lipinski definition) is 1. The van der Waals surface area contributed by atoms with E-state index in [2.05, 4.69) is 38.3 Å². The Balaban J connectivity index is 1.31. The number of aromatic amines is 1. The molecule has 0 amide bonds. The van der Waals surface area contributed by atoms with Gasteiger partial charge >= 0.3 is 0 Å². The highest BCUT2D eigenvalue weighted by Gasteiger charge is 2.25. The standard InChI is InChI=1S/C20H21ClN4O/c21-17-1-3-19(4-2-17)26-14-18-11-20(24-23-18)16-7-10-25(13-16)12-15-5-8-22-9-6-15/h1-6,8-9,11,16H,7,10,12-14H2,(H,23,24)/t16-/m0/s1. The maximum atomic E-state index is 5.89. The molecule has 0 spiro atoms. The van der Waals surface area contributed by atoms with Crippen molar-refractivity contribution < 1.29 is 4.74 Å². The average Bonchev–Trinajstić information content (AvgIpc) is 3.31. The van der Waals surface area contributed by atoms with Gasteiger partial charge in [-0.05, 0) is 61.0 Å². The second-order valence-corrected chi connectivity index (χ2v) is 7.07. The van der Waals surface area contributed by atoms with Gasteiger partial charge in [-0.15, -0.1) is 0 Å². The number of pyridine rings is 1. The van der Waals surface area contributed by atoms with Crippen LogP contribution in [0.1, 0.15) is 29.3 Å². The molecule has 0 unspecified atom stereocenters. The first kappa shape index (κ1) is 17.1. The highest BCUT2D eigenvalue weighted by Crippen LogP contribution is 2.27. The molecule has 4 rings (SSSR count). The molecule has 1 N–H and O–H groups in total. The van der Waals surface area contributed by atoms with E-state index in [0.717, 1.165) is 43.2 Å². The summed E-state index contributed by atoms with van der Waals surface area (Å²) in [6.07, 6.45) is 4.83. The van der Waals surface area contributed by atoms with Crippen molar-refractivity contribution in [2.45, 2.75) is 25.5 Å². The van der Waals surface area contributed by atoms with E-state index in [1.165, 1.54) is 5.56 Å². The van der Waals surface area contributed by atoms with Crippen LogP contribution in [0.3, 0.4) is 0 Å². The normalized spacial score (nSPS) is 17.5. The molecule has 3 heterocycles. The lowest BCUT2D eigenvalue weighted by Crippen LogP contribution is -2.19. The Morgan fingerprint density at radius 2 is 1.96 bits per heavy atom. The van der Waals surface area contributed by atoms with Gasteiger partial charge in [-0.1, -0.05) is 11.6 Å². The Hall–Kier alpha value is -2.37. The van der Waals surface area contributed by atoms with Crippen molar-refractivity contribution in [2.75, 3.05) is 13.1 Å². The number of aromatic nitrogens is 3. The second-order valence-electron chi connectivity index (χ2n) is 6.64. The molecule has 1 aromatic carbocycles. The molecule has 1 aliphatic rings. The lowest BCUT2D eigenvalue weighted by Gasteiger charge is -2.15. The van der Waals surface area contributed by atoms with Gasteiger partial charge in [-0.3, -0.25) is 15.0 Å². The molecule has 0 aliphatic carbocycles. The molecule has 0 bridgehead atoms. The first-order valence-corrected chi connectivity index (χ1v) is 9.18. The number of nitrogens with zero attached hydrogens (tertiary/aromatic N) is 3. The van der Waals surface area contributed by atoms with Gasteiger partial charge in [0.15, 0.2) is 0 Å². The summed E-state index contributed by atoms with van der Waals surface area (Å²) in [5.41, 5.74) is 3.42. The van der Waals surface area contributed by atoms with Crippen molar-refractivity contribution in [1.29, 1.82) is 0 Å². The molecule has 6 heteroatoms. The van der Waals surface area contributed by atoms with Crippen LogP contribution in [0.25, 0.3) is 0 Å². The fourth-order valence-corrected chi connectivity index (χ4v) is 3.44. The summed E-state index contributed by atoms with van der Waals surface area (Å²) in [5, 5.41) is 8.31. The van der Waals surface area contributed by atoms with Crippen molar-refractivity contribution in [3.05, 3.63) is 76.8 Å². The SMILES string of the molecule is Clc1ccc(OCc2cc([C@H]3CCN(Cc4ccncc4)C3)n[nH]2)cc1. The molecule has 0 saturated carbocycles. The van der Waals surface area contributed by atoms with Gasteiger partial charge in [0.25, 0.3) is 0 Å². The van der Waals surface area contributed by atoms with Crippen LogP contribution in [-0.2, 0) is 13.2 Å². The van der Waals surface area contributed by atoms with Crippen LogP contribution in [0.15, 0.2) is 54.9 Å². The van der Waals surface area contributed by atoms with Crippen molar-refractivity contribution in [3.8, 4) is 5.75 Å². The van der Waals surface area contributed by atoms with Gasteiger partial charge in [0, 0.05) is 36.4 Å². The molecule has 0 radical (unpaired) electrons. The zero-order chi connectivity index (χ0) is 17.8. The van der Waals surface area contributed by atoms with Crippen molar-refractivity contribution in [2.24, 2.45) is 0 Å². The first-order chi connectivity index (χ1) is 12.8. The Kier molecular flexibility index (Phi) is 5.18. The lowest BCUT2D eigenvalue weighted by atomic mass is 10.1. The topological polar surface area (TPSA) is 54.0 Å². The van der Waals surface area contributed by atoms with E-state index in [-0.39, 0.29) is 0 Å². The summed E-state index contributed by atoms with van der Waals surface area (Å²) in [7, 11) is 0. The number of rotatable bonds is 6. The summed E-state index contributed by atoms with van der Waals surface area (Å²) >= 11 is 5.89. The Morgan fingerprint density at radius 3 is 2.77 bits per heavy atom. The molecule has 134 valence electrons. The molecule has 1 fully saturated rings. The zero-order valence-corrected chi connectivity index (χ0v) is 15.2. The number of ether oxygens (including phenoxy) is 1. The maximum Gasteiger partial charge on any atom is 0.130 e. The smallest absolute Gasteiger partial charge is 0.130 e. The van der Waals surface area contributed by atoms with Crippen molar-refractivity contribution >= 4 is 11.6 Å². The number of nitrogens with one attached hydrogen (secondary N) is 1. The zero-order valence-electron chi connectivity index (χ0n) is 14.4. The molecule has 1 atom stereocenters. The molecule has 1 aliphatic heterocycles. The summed E-state index contributed by atoms with van der Waals surface area (Å²) in [4.78, 5) is 6.55. The van der Waals surface area contributed by atoms with Crippen molar-refractivity contribution in [1.82, 2.24) is 20.1 Å². The third-order valence-corrected chi connectivity index (χ3v) is 4.96. The van der Waals surface area contributed by atoms with Crippen LogP contribution in [-0.4, -0.2) is 33.2 Å². The minimum atomic E-state index is 0.470. The first-order valence-electron chi connectivity index (χ1n) is 8.80. The summed E-state index contributed by atoms with van der Waals surface area (Å²) < 4.78 is 5.78. The van der Waals surface area contributed by atoms with E-state index in [0.29, 0.717) is 17.5 Å². The second kappa shape index (κ2) is 7.89. The van der Waals surface area contributed by atoms with E-state index in [1.54, 1.807) is 0 Å². The van der Waals surface area contributed by atoms with E-state index >= 15 is 0 Å². The quantitative estimate of drug-likeness (QED) is 0.713. The third-order valence-electron chi connectivity index (χ3n) is 4.70. The van der Waals surface area contributed by atoms with Gasteiger partial charge in [-0.25, -0.2) is 0 Å². The molecular formula is C20H21ClN4O. The molecular weight excluding hydrogens is 348 g/mol. The lowest BCUT2D eigenvalue weighted by molar-refractivity contribution is 0.301. The van der Waals surface area contributed by atoms with Gasteiger partial charge in [-0.2, -0.15) is 5.10 Å². The van der Waals surface area contributed by atoms with E-state index in [4.69, 9.17) is 16.3 Å². The number of hydrogen-bond acceptors (Lipinski definition) is 4. The van der Waals surface area contributed by atoms with Gasteiger partial charge in [0.1, 0.15) is 12.4 Å². The molecule has 1 saturated heterocycles. The Bertz CT molecular complexity index is 835. The highest BCUT2D eigenvalue weighted by atomic mass is 35.5. The monoisotopic (exact) mass is 368 g/mol. The summed E-state index contributed by atoms with van der Waals surface area (Å²) in [6.45, 7) is 3.57. The fraction of sp³-hybridized carbons (Fsp3) is 0.300. The minimum Gasteiger partial charge on any atom is -0.487 e. The number of benzene rings is 1. The molecule has 3 aromatic rings. The molecule has 26 heavy (non-hydrogen) atoms. The van der Waals surface area contributed by atoms with Crippen LogP contribution in [0.5, 0.6) is 5.75 Å². The van der Waals surface area contributed by atoms with Crippen LogP contribution in [0.4, 0.5) is 0 Å². The largest absolute Gasteiger partial charge is 0.487 e. The maximum absolute atomic E-state index is 5.89. The van der Waals surface area contributed by atoms with Gasteiger partial charge in [0.2, 0.25) is 0 Å². The highest BCUT2D eigenvalue weighted by molar-refractivity contribution is 6.30.